The molecule has 0 aromatic heterocycles. The highest BCUT2D eigenvalue weighted by molar-refractivity contribution is 5.87. The Kier molecular flexibility index (Phi) is 6.92. The Labute approximate surface area is 114 Å². The normalized spacial score (nSPS) is 15.2. The average molecular weight is 265 g/mol. The summed E-state index contributed by atoms with van der Waals surface area (Å²) in [6.07, 6.45) is 0.770. The highest BCUT2D eigenvalue weighted by Gasteiger charge is 2.16. The Morgan fingerprint density at radius 1 is 1.32 bits per heavy atom. The molecule has 2 atom stereocenters. The van der Waals surface area contributed by atoms with E-state index in [1.54, 1.807) is 0 Å². The second kappa shape index (κ2) is 8.50. The third-order valence-corrected chi connectivity index (χ3v) is 3.14. The summed E-state index contributed by atoms with van der Waals surface area (Å²) in [5.41, 5.74) is 6.76. The molecule has 1 aromatic carbocycles. The SMILES string of the molecule is CC(CCO)CNCC(C(N)=NO)c1ccccc1. The van der Waals surface area contributed by atoms with Crippen LogP contribution in [-0.4, -0.2) is 35.8 Å². The van der Waals surface area contributed by atoms with Gasteiger partial charge in [0.05, 0.1) is 5.92 Å². The molecule has 5 heteroatoms. The van der Waals surface area contributed by atoms with Crippen molar-refractivity contribution in [3.8, 4) is 0 Å². The van der Waals surface area contributed by atoms with Crippen LogP contribution < -0.4 is 11.1 Å². The fourth-order valence-electron chi connectivity index (χ4n) is 1.94. The average Bonchev–Trinajstić information content (AvgIpc) is 2.44. The number of nitrogens with zero attached hydrogens (tertiary/aromatic N) is 1. The van der Waals surface area contributed by atoms with Gasteiger partial charge < -0.3 is 21.4 Å². The maximum Gasteiger partial charge on any atom is 0.147 e. The van der Waals surface area contributed by atoms with Gasteiger partial charge >= 0.3 is 0 Å². The van der Waals surface area contributed by atoms with E-state index in [1.807, 2.05) is 30.3 Å². The van der Waals surface area contributed by atoms with Gasteiger partial charge in [0.15, 0.2) is 0 Å². The van der Waals surface area contributed by atoms with Crippen molar-refractivity contribution in [2.75, 3.05) is 19.7 Å². The van der Waals surface area contributed by atoms with Crippen molar-refractivity contribution in [3.63, 3.8) is 0 Å². The lowest BCUT2D eigenvalue weighted by Gasteiger charge is -2.18. The molecule has 0 bridgehead atoms. The molecule has 1 aromatic rings. The Balaban J connectivity index is 2.57. The first-order chi connectivity index (χ1) is 9.19. The number of oxime groups is 1. The molecule has 0 radical (unpaired) electrons. The van der Waals surface area contributed by atoms with Crippen molar-refractivity contribution in [3.05, 3.63) is 35.9 Å². The van der Waals surface area contributed by atoms with Gasteiger partial charge in [-0.1, -0.05) is 42.4 Å². The van der Waals surface area contributed by atoms with Crippen molar-refractivity contribution in [2.24, 2.45) is 16.8 Å². The van der Waals surface area contributed by atoms with Gasteiger partial charge in [0.2, 0.25) is 0 Å². The summed E-state index contributed by atoms with van der Waals surface area (Å²) in [5.74, 6) is 0.453. The first-order valence-electron chi connectivity index (χ1n) is 6.53. The molecule has 0 fully saturated rings. The smallest absolute Gasteiger partial charge is 0.147 e. The van der Waals surface area contributed by atoms with E-state index in [9.17, 15) is 0 Å². The molecule has 2 unspecified atom stereocenters. The van der Waals surface area contributed by atoms with E-state index in [0.29, 0.717) is 12.5 Å². The number of hydrogen-bond acceptors (Lipinski definition) is 4. The molecule has 0 saturated carbocycles. The number of benzene rings is 1. The number of hydrogen-bond donors (Lipinski definition) is 4. The third kappa shape index (κ3) is 5.28. The predicted octanol–water partition coefficient (Wildman–Crippen LogP) is 1.12. The van der Waals surface area contributed by atoms with Gasteiger partial charge in [-0.2, -0.15) is 0 Å². The minimum Gasteiger partial charge on any atom is -0.409 e. The maximum atomic E-state index is 8.86. The van der Waals surface area contributed by atoms with Gasteiger partial charge in [0.1, 0.15) is 5.84 Å². The molecule has 0 amide bonds. The zero-order chi connectivity index (χ0) is 14.1. The van der Waals surface area contributed by atoms with E-state index >= 15 is 0 Å². The van der Waals surface area contributed by atoms with Crippen LogP contribution in [0.4, 0.5) is 0 Å². The molecule has 5 N–H and O–H groups in total. The van der Waals surface area contributed by atoms with Gasteiger partial charge in [-0.25, -0.2) is 0 Å². The molecule has 5 nitrogen and oxygen atoms in total. The molecule has 0 saturated heterocycles. The topological polar surface area (TPSA) is 90.9 Å². The number of amidine groups is 1. The number of aliphatic hydroxyl groups is 1. The molecule has 0 heterocycles. The number of rotatable bonds is 8. The van der Waals surface area contributed by atoms with Gasteiger partial charge in [-0.3, -0.25) is 0 Å². The number of aliphatic hydroxyl groups excluding tert-OH is 1. The monoisotopic (exact) mass is 265 g/mol. The lowest BCUT2D eigenvalue weighted by Crippen LogP contribution is -2.33. The van der Waals surface area contributed by atoms with E-state index in [1.165, 1.54) is 0 Å². The van der Waals surface area contributed by atoms with E-state index in [0.717, 1.165) is 18.5 Å². The van der Waals surface area contributed by atoms with Crippen molar-refractivity contribution in [1.82, 2.24) is 5.32 Å². The quantitative estimate of drug-likeness (QED) is 0.245. The first kappa shape index (κ1) is 15.5. The summed E-state index contributed by atoms with van der Waals surface area (Å²) in [5, 5.41) is 24.1. The van der Waals surface area contributed by atoms with Crippen molar-refractivity contribution in [1.29, 1.82) is 0 Å². The van der Waals surface area contributed by atoms with Gasteiger partial charge in [0, 0.05) is 13.2 Å². The number of nitrogens with two attached hydrogens (primary N) is 1. The van der Waals surface area contributed by atoms with Crippen LogP contribution in [0.15, 0.2) is 35.5 Å². The third-order valence-electron chi connectivity index (χ3n) is 3.14. The van der Waals surface area contributed by atoms with Crippen LogP contribution in [0.3, 0.4) is 0 Å². The standard InChI is InChI=1S/C14H23N3O2/c1-11(7-8-18)9-16-10-13(14(15)17-19)12-5-3-2-4-6-12/h2-6,11,13,16,18-19H,7-10H2,1H3,(H2,15,17). The zero-order valence-corrected chi connectivity index (χ0v) is 11.3. The summed E-state index contributed by atoms with van der Waals surface area (Å²) >= 11 is 0. The minimum atomic E-state index is -0.146. The Morgan fingerprint density at radius 3 is 2.58 bits per heavy atom. The van der Waals surface area contributed by atoms with Crippen LogP contribution in [0, 0.1) is 5.92 Å². The van der Waals surface area contributed by atoms with Crippen molar-refractivity contribution in [2.45, 2.75) is 19.3 Å². The molecule has 0 spiro atoms. The van der Waals surface area contributed by atoms with Crippen LogP contribution >= 0.6 is 0 Å². The molecular formula is C14H23N3O2. The molecule has 0 aliphatic heterocycles. The fraction of sp³-hybridized carbons (Fsp3) is 0.500. The van der Waals surface area contributed by atoms with Gasteiger partial charge in [0.25, 0.3) is 0 Å². The summed E-state index contributed by atoms with van der Waals surface area (Å²) in [6, 6.07) is 9.72. The molecular weight excluding hydrogens is 242 g/mol. The lowest BCUT2D eigenvalue weighted by atomic mass is 9.97. The second-order valence-electron chi connectivity index (χ2n) is 4.76. The summed E-state index contributed by atoms with van der Waals surface area (Å²) in [7, 11) is 0. The largest absolute Gasteiger partial charge is 0.409 e. The van der Waals surface area contributed by atoms with Gasteiger partial charge in [-0.15, -0.1) is 0 Å². The summed E-state index contributed by atoms with van der Waals surface area (Å²) < 4.78 is 0. The summed E-state index contributed by atoms with van der Waals surface area (Å²) in [6.45, 7) is 3.67. The molecule has 19 heavy (non-hydrogen) atoms. The molecule has 0 aliphatic carbocycles. The van der Waals surface area contributed by atoms with E-state index in [2.05, 4.69) is 17.4 Å². The van der Waals surface area contributed by atoms with Crippen LogP contribution in [0.2, 0.25) is 0 Å². The lowest BCUT2D eigenvalue weighted by molar-refractivity contribution is 0.260. The Morgan fingerprint density at radius 2 is 2.00 bits per heavy atom. The summed E-state index contributed by atoms with van der Waals surface area (Å²) in [4.78, 5) is 0. The van der Waals surface area contributed by atoms with Crippen LogP contribution in [0.1, 0.15) is 24.8 Å². The zero-order valence-electron chi connectivity index (χ0n) is 11.3. The van der Waals surface area contributed by atoms with Crippen LogP contribution in [0.25, 0.3) is 0 Å². The van der Waals surface area contributed by atoms with Gasteiger partial charge in [-0.05, 0) is 24.4 Å². The maximum absolute atomic E-state index is 8.86. The fourth-order valence-corrected chi connectivity index (χ4v) is 1.94. The van der Waals surface area contributed by atoms with E-state index in [-0.39, 0.29) is 18.4 Å². The Hall–Kier alpha value is -1.59. The predicted molar refractivity (Wildman–Crippen MR) is 76.3 cm³/mol. The van der Waals surface area contributed by atoms with Crippen molar-refractivity contribution >= 4 is 5.84 Å². The Bertz CT molecular complexity index is 382. The van der Waals surface area contributed by atoms with E-state index in [4.69, 9.17) is 16.0 Å². The molecule has 1 rings (SSSR count). The molecule has 106 valence electrons. The number of nitrogens with one attached hydrogen (secondary N) is 1. The first-order valence-corrected chi connectivity index (χ1v) is 6.53. The van der Waals surface area contributed by atoms with Crippen molar-refractivity contribution < 1.29 is 10.3 Å². The second-order valence-corrected chi connectivity index (χ2v) is 4.76. The van der Waals surface area contributed by atoms with Crippen LogP contribution in [-0.2, 0) is 0 Å². The van der Waals surface area contributed by atoms with Crippen LogP contribution in [0.5, 0.6) is 0 Å². The van der Waals surface area contributed by atoms with E-state index < -0.39 is 0 Å². The highest BCUT2D eigenvalue weighted by atomic mass is 16.4. The minimum absolute atomic E-state index is 0.146. The molecule has 0 aliphatic rings. The highest BCUT2D eigenvalue weighted by Crippen LogP contribution is 2.15.